The van der Waals surface area contributed by atoms with Crippen LogP contribution < -0.4 is 16.0 Å². The van der Waals surface area contributed by atoms with Crippen molar-refractivity contribution in [1.82, 2.24) is 10.6 Å². The minimum Gasteiger partial charge on any atom is -0.467 e. The van der Waals surface area contributed by atoms with E-state index in [1.54, 1.807) is 42.7 Å². The summed E-state index contributed by atoms with van der Waals surface area (Å²) in [7, 11) is 0. The predicted molar refractivity (Wildman–Crippen MR) is 88.2 cm³/mol. The van der Waals surface area contributed by atoms with Gasteiger partial charge in [0.2, 0.25) is 0 Å². The second-order valence-electron chi connectivity index (χ2n) is 5.57. The van der Waals surface area contributed by atoms with E-state index in [0.29, 0.717) is 36.0 Å². The van der Waals surface area contributed by atoms with Crippen LogP contribution >= 0.6 is 0 Å². The van der Waals surface area contributed by atoms with Gasteiger partial charge in [-0.3, -0.25) is 4.79 Å². The zero-order valence-electron chi connectivity index (χ0n) is 13.3. The molecule has 0 radical (unpaired) electrons. The number of hydrogen-bond donors (Lipinski definition) is 3. The number of urea groups is 1. The van der Waals surface area contributed by atoms with Gasteiger partial charge in [-0.1, -0.05) is 13.8 Å². The van der Waals surface area contributed by atoms with Crippen molar-refractivity contribution >= 4 is 17.6 Å². The van der Waals surface area contributed by atoms with Gasteiger partial charge < -0.3 is 20.4 Å². The Morgan fingerprint density at radius 2 is 1.83 bits per heavy atom. The molecule has 6 heteroatoms. The maximum Gasteiger partial charge on any atom is 0.319 e. The molecule has 0 unspecified atom stereocenters. The zero-order chi connectivity index (χ0) is 16.7. The Bertz CT molecular complexity index is 634. The van der Waals surface area contributed by atoms with Crippen LogP contribution in [0.15, 0.2) is 47.1 Å². The Morgan fingerprint density at radius 3 is 2.43 bits per heavy atom. The first-order chi connectivity index (χ1) is 11.0. The van der Waals surface area contributed by atoms with Crippen molar-refractivity contribution in [2.75, 3.05) is 11.9 Å². The Labute approximate surface area is 135 Å². The summed E-state index contributed by atoms with van der Waals surface area (Å²) in [5.74, 6) is 0.961. The quantitative estimate of drug-likeness (QED) is 0.766. The van der Waals surface area contributed by atoms with E-state index in [1.807, 2.05) is 13.8 Å². The van der Waals surface area contributed by atoms with Crippen LogP contribution in [0.5, 0.6) is 0 Å². The number of nitrogens with one attached hydrogen (secondary N) is 3. The van der Waals surface area contributed by atoms with Gasteiger partial charge in [-0.15, -0.1) is 0 Å². The van der Waals surface area contributed by atoms with Crippen molar-refractivity contribution in [1.29, 1.82) is 0 Å². The maximum absolute atomic E-state index is 11.9. The van der Waals surface area contributed by atoms with E-state index in [2.05, 4.69) is 16.0 Å². The molecule has 0 spiro atoms. The minimum absolute atomic E-state index is 0.118. The van der Waals surface area contributed by atoms with E-state index in [-0.39, 0.29) is 11.9 Å². The molecule has 3 N–H and O–H groups in total. The van der Waals surface area contributed by atoms with Crippen LogP contribution in [0.3, 0.4) is 0 Å². The van der Waals surface area contributed by atoms with E-state index in [0.717, 1.165) is 0 Å². The highest BCUT2D eigenvalue weighted by Crippen LogP contribution is 2.10. The van der Waals surface area contributed by atoms with E-state index in [9.17, 15) is 9.59 Å². The van der Waals surface area contributed by atoms with Gasteiger partial charge in [0.1, 0.15) is 5.76 Å². The topological polar surface area (TPSA) is 83.4 Å². The van der Waals surface area contributed by atoms with Crippen LogP contribution in [0.2, 0.25) is 0 Å². The molecule has 2 rings (SSSR count). The normalized spacial score (nSPS) is 10.4. The van der Waals surface area contributed by atoms with Crippen molar-refractivity contribution in [2.45, 2.75) is 20.4 Å². The molecule has 1 aromatic heterocycles. The lowest BCUT2D eigenvalue weighted by Gasteiger charge is -2.09. The summed E-state index contributed by atoms with van der Waals surface area (Å²) in [6.07, 6.45) is 1.55. The molecule has 0 saturated carbocycles. The summed E-state index contributed by atoms with van der Waals surface area (Å²) < 4.78 is 5.13. The lowest BCUT2D eigenvalue weighted by atomic mass is 10.1. The van der Waals surface area contributed by atoms with Crippen LogP contribution in [-0.2, 0) is 6.54 Å². The van der Waals surface area contributed by atoms with Gasteiger partial charge in [-0.25, -0.2) is 4.79 Å². The molecule has 2 aromatic rings. The molecular formula is C17H21N3O3. The Hall–Kier alpha value is -2.76. The molecule has 0 bridgehead atoms. The third-order valence-corrected chi connectivity index (χ3v) is 3.08. The summed E-state index contributed by atoms with van der Waals surface area (Å²) >= 11 is 0. The van der Waals surface area contributed by atoms with Gasteiger partial charge in [-0.2, -0.15) is 0 Å². The molecular weight excluding hydrogens is 294 g/mol. The molecule has 23 heavy (non-hydrogen) atoms. The maximum atomic E-state index is 11.9. The SMILES string of the molecule is CC(C)CNC(=O)c1ccc(NC(=O)NCc2ccco2)cc1. The molecule has 3 amide bonds. The minimum atomic E-state index is -0.335. The first-order valence-corrected chi connectivity index (χ1v) is 7.50. The molecule has 0 aliphatic carbocycles. The first-order valence-electron chi connectivity index (χ1n) is 7.50. The number of hydrogen-bond acceptors (Lipinski definition) is 3. The fourth-order valence-electron chi connectivity index (χ4n) is 1.86. The largest absolute Gasteiger partial charge is 0.467 e. The average molecular weight is 315 g/mol. The summed E-state index contributed by atoms with van der Waals surface area (Å²) in [6.45, 7) is 5.02. The third kappa shape index (κ3) is 5.50. The highest BCUT2D eigenvalue weighted by atomic mass is 16.3. The number of rotatable bonds is 6. The molecule has 0 atom stereocenters. The predicted octanol–water partition coefficient (Wildman–Crippen LogP) is 2.99. The van der Waals surface area contributed by atoms with Gasteiger partial charge >= 0.3 is 6.03 Å². The van der Waals surface area contributed by atoms with Gasteiger partial charge in [0.15, 0.2) is 0 Å². The van der Waals surface area contributed by atoms with Crippen LogP contribution in [0.1, 0.15) is 30.0 Å². The van der Waals surface area contributed by atoms with Gasteiger partial charge in [-0.05, 0) is 42.3 Å². The van der Waals surface area contributed by atoms with E-state index in [4.69, 9.17) is 4.42 Å². The lowest BCUT2D eigenvalue weighted by molar-refractivity contribution is 0.0949. The highest BCUT2D eigenvalue weighted by Gasteiger charge is 2.07. The van der Waals surface area contributed by atoms with Crippen molar-refractivity contribution in [3.8, 4) is 0 Å². The second-order valence-corrected chi connectivity index (χ2v) is 5.57. The summed E-state index contributed by atoms with van der Waals surface area (Å²) in [6, 6.07) is 9.95. The molecule has 1 heterocycles. The van der Waals surface area contributed by atoms with Crippen molar-refractivity contribution < 1.29 is 14.0 Å². The lowest BCUT2D eigenvalue weighted by Crippen LogP contribution is -2.28. The third-order valence-electron chi connectivity index (χ3n) is 3.08. The fourth-order valence-corrected chi connectivity index (χ4v) is 1.86. The van der Waals surface area contributed by atoms with Crippen molar-refractivity contribution in [3.05, 3.63) is 54.0 Å². The van der Waals surface area contributed by atoms with E-state index >= 15 is 0 Å². The molecule has 122 valence electrons. The Balaban J connectivity index is 1.82. The van der Waals surface area contributed by atoms with Crippen molar-refractivity contribution in [2.24, 2.45) is 5.92 Å². The van der Waals surface area contributed by atoms with E-state index < -0.39 is 0 Å². The van der Waals surface area contributed by atoms with Gasteiger partial charge in [0, 0.05) is 17.8 Å². The Kier molecular flexibility index (Phi) is 5.80. The molecule has 0 aliphatic heterocycles. The molecule has 1 aromatic carbocycles. The first kappa shape index (κ1) is 16.6. The number of anilines is 1. The van der Waals surface area contributed by atoms with Crippen LogP contribution in [0, 0.1) is 5.92 Å². The number of benzene rings is 1. The fraction of sp³-hybridized carbons (Fsp3) is 0.294. The highest BCUT2D eigenvalue weighted by molar-refractivity contribution is 5.95. The summed E-state index contributed by atoms with van der Waals surface area (Å²) in [4.78, 5) is 23.7. The number of carbonyl (C=O) groups excluding carboxylic acids is 2. The number of furan rings is 1. The van der Waals surface area contributed by atoms with Gasteiger partial charge in [0.25, 0.3) is 5.91 Å². The second kappa shape index (κ2) is 8.03. The molecule has 6 nitrogen and oxygen atoms in total. The molecule has 0 aliphatic rings. The monoisotopic (exact) mass is 315 g/mol. The zero-order valence-corrected chi connectivity index (χ0v) is 13.3. The number of carbonyl (C=O) groups is 2. The standard InChI is InChI=1S/C17H21N3O3/c1-12(2)10-18-16(21)13-5-7-14(8-6-13)20-17(22)19-11-15-4-3-9-23-15/h3-9,12H,10-11H2,1-2H3,(H,18,21)(H2,19,20,22). The summed E-state index contributed by atoms with van der Waals surface area (Å²) in [5, 5.41) is 8.22. The van der Waals surface area contributed by atoms with Crippen LogP contribution in [-0.4, -0.2) is 18.5 Å². The van der Waals surface area contributed by atoms with E-state index in [1.165, 1.54) is 0 Å². The summed E-state index contributed by atoms with van der Waals surface area (Å²) in [5.41, 5.74) is 1.18. The van der Waals surface area contributed by atoms with Crippen LogP contribution in [0.4, 0.5) is 10.5 Å². The number of amides is 3. The average Bonchev–Trinajstić information content (AvgIpc) is 3.05. The molecule has 0 fully saturated rings. The van der Waals surface area contributed by atoms with Crippen LogP contribution in [0.25, 0.3) is 0 Å². The molecule has 0 saturated heterocycles. The Morgan fingerprint density at radius 1 is 1.09 bits per heavy atom. The smallest absolute Gasteiger partial charge is 0.319 e. The van der Waals surface area contributed by atoms with Crippen molar-refractivity contribution in [3.63, 3.8) is 0 Å². The van der Waals surface area contributed by atoms with Gasteiger partial charge in [0.05, 0.1) is 12.8 Å².